The van der Waals surface area contributed by atoms with Crippen LogP contribution in [0.4, 0.5) is 0 Å². The number of pyridine rings is 2. The Kier molecular flexibility index (Phi) is 12.2. The van der Waals surface area contributed by atoms with Crippen molar-refractivity contribution in [3.8, 4) is 11.5 Å². The zero-order chi connectivity index (χ0) is 30.7. The molecule has 1 saturated heterocycles. The summed E-state index contributed by atoms with van der Waals surface area (Å²) in [7, 11) is 0. The van der Waals surface area contributed by atoms with Crippen molar-refractivity contribution in [3.63, 3.8) is 0 Å². The SMILES string of the molecule is Oc1c(CN2CCOCCOCCN(Cc3cc(Cl)c4cccnc4c3O)CCOCCOCC2)cc(Cl)c2cccnc12. The van der Waals surface area contributed by atoms with E-state index in [-0.39, 0.29) is 11.5 Å². The Balaban J connectivity index is 1.15. The number of benzene rings is 2. The molecule has 0 radical (unpaired) electrons. The van der Waals surface area contributed by atoms with Gasteiger partial charge in [-0.25, -0.2) is 0 Å². The van der Waals surface area contributed by atoms with E-state index in [1.54, 1.807) is 36.7 Å². The molecular formula is C32H38Cl2N4O6. The molecule has 0 unspecified atom stereocenters. The predicted octanol–water partition coefficient (Wildman–Crippen LogP) is 4.89. The van der Waals surface area contributed by atoms with Crippen LogP contribution in [0, 0.1) is 0 Å². The minimum absolute atomic E-state index is 0.137. The van der Waals surface area contributed by atoms with Gasteiger partial charge in [0.05, 0.1) is 62.9 Å². The van der Waals surface area contributed by atoms with Crippen LogP contribution in [0.1, 0.15) is 11.1 Å². The summed E-state index contributed by atoms with van der Waals surface area (Å²) in [5.41, 5.74) is 2.39. The average Bonchev–Trinajstić information content (AvgIpc) is 3.03. The van der Waals surface area contributed by atoms with Gasteiger partial charge >= 0.3 is 0 Å². The Bertz CT molecular complexity index is 1390. The minimum Gasteiger partial charge on any atom is -0.505 e. The fourth-order valence-corrected chi connectivity index (χ4v) is 5.73. The van der Waals surface area contributed by atoms with Crippen molar-refractivity contribution in [1.82, 2.24) is 19.8 Å². The molecule has 1 aliphatic heterocycles. The highest BCUT2D eigenvalue weighted by Gasteiger charge is 2.17. The second kappa shape index (κ2) is 16.5. The van der Waals surface area contributed by atoms with Crippen molar-refractivity contribution in [2.75, 3.05) is 79.0 Å². The van der Waals surface area contributed by atoms with Gasteiger partial charge < -0.3 is 29.2 Å². The first-order valence-corrected chi connectivity index (χ1v) is 15.5. The summed E-state index contributed by atoms with van der Waals surface area (Å²) in [5, 5.41) is 24.3. The standard InChI is InChI=1S/C32H38Cl2N4O6/c33-27-19-23(31(39)29-25(27)3-1-5-35-29)21-37-7-11-41-15-17-43-13-9-38(10-14-44-18-16-42-12-8-37)22-24-20-28(34)26-4-2-6-36-30(26)32(24)40/h1-6,19-20,39-40H,7-18,21-22H2. The van der Waals surface area contributed by atoms with E-state index in [4.69, 9.17) is 42.1 Å². The van der Waals surface area contributed by atoms with E-state index in [1.165, 1.54) is 0 Å². The van der Waals surface area contributed by atoms with Crippen LogP contribution in [-0.2, 0) is 32.0 Å². The van der Waals surface area contributed by atoms with Crippen LogP contribution >= 0.6 is 23.2 Å². The van der Waals surface area contributed by atoms with Gasteiger partial charge in [0.2, 0.25) is 0 Å². The second-order valence-electron chi connectivity index (χ2n) is 10.5. The highest BCUT2D eigenvalue weighted by Crippen LogP contribution is 2.34. The molecule has 1 fully saturated rings. The fourth-order valence-electron chi connectivity index (χ4n) is 5.16. The third kappa shape index (κ3) is 8.68. The third-order valence-electron chi connectivity index (χ3n) is 7.53. The number of aromatic hydroxyl groups is 2. The molecule has 1 aliphatic rings. The van der Waals surface area contributed by atoms with Crippen LogP contribution in [0.3, 0.4) is 0 Å². The highest BCUT2D eigenvalue weighted by molar-refractivity contribution is 6.36. The molecule has 0 aliphatic carbocycles. The molecule has 3 heterocycles. The summed E-state index contributed by atoms with van der Waals surface area (Å²) in [6.45, 7) is 7.30. The lowest BCUT2D eigenvalue weighted by molar-refractivity contribution is 0.00613. The van der Waals surface area contributed by atoms with E-state index in [9.17, 15) is 10.2 Å². The molecule has 0 atom stereocenters. The Morgan fingerprint density at radius 2 is 0.955 bits per heavy atom. The highest BCUT2D eigenvalue weighted by atomic mass is 35.5. The normalized spacial score (nSPS) is 17.9. The molecule has 44 heavy (non-hydrogen) atoms. The molecule has 4 aromatic rings. The number of aromatic nitrogens is 2. The van der Waals surface area contributed by atoms with Gasteiger partial charge in [-0.1, -0.05) is 23.2 Å². The molecule has 0 saturated carbocycles. The largest absolute Gasteiger partial charge is 0.505 e. The molecule has 0 bridgehead atoms. The van der Waals surface area contributed by atoms with Crippen LogP contribution in [0.15, 0.2) is 48.8 Å². The molecule has 10 nitrogen and oxygen atoms in total. The van der Waals surface area contributed by atoms with Gasteiger partial charge in [-0.2, -0.15) is 0 Å². The van der Waals surface area contributed by atoms with Gasteiger partial charge in [0.1, 0.15) is 22.5 Å². The number of hydrogen-bond donors (Lipinski definition) is 2. The van der Waals surface area contributed by atoms with Crippen LogP contribution < -0.4 is 0 Å². The van der Waals surface area contributed by atoms with Gasteiger partial charge in [0, 0.05) is 73.6 Å². The first kappa shape index (κ1) is 32.6. The molecule has 5 rings (SSSR count). The zero-order valence-electron chi connectivity index (χ0n) is 24.6. The number of ether oxygens (including phenoxy) is 4. The topological polar surface area (TPSA) is 110 Å². The maximum atomic E-state index is 10.9. The number of rotatable bonds is 4. The summed E-state index contributed by atoms with van der Waals surface area (Å²) in [5.74, 6) is 0.274. The van der Waals surface area contributed by atoms with Gasteiger partial charge in [0.15, 0.2) is 0 Å². The monoisotopic (exact) mass is 644 g/mol. The number of phenols is 2. The number of fused-ring (bicyclic) bond motifs is 2. The fraction of sp³-hybridized carbons (Fsp3) is 0.438. The Morgan fingerprint density at radius 3 is 1.32 bits per heavy atom. The van der Waals surface area contributed by atoms with Crippen LogP contribution in [0.5, 0.6) is 11.5 Å². The maximum Gasteiger partial charge on any atom is 0.146 e. The van der Waals surface area contributed by atoms with Gasteiger partial charge in [-0.05, 0) is 36.4 Å². The number of halogens is 2. The van der Waals surface area contributed by atoms with E-state index in [0.717, 1.165) is 10.8 Å². The molecule has 0 amide bonds. The van der Waals surface area contributed by atoms with Gasteiger partial charge in [-0.15, -0.1) is 0 Å². The number of nitrogens with zero attached hydrogens (tertiary/aromatic N) is 4. The summed E-state index contributed by atoms with van der Waals surface area (Å²) in [4.78, 5) is 13.0. The summed E-state index contributed by atoms with van der Waals surface area (Å²) >= 11 is 13.0. The van der Waals surface area contributed by atoms with Gasteiger partial charge in [0.25, 0.3) is 0 Å². The lowest BCUT2D eigenvalue weighted by Gasteiger charge is -2.24. The molecule has 2 aromatic carbocycles. The van der Waals surface area contributed by atoms with E-state index in [0.29, 0.717) is 124 Å². The van der Waals surface area contributed by atoms with Crippen molar-refractivity contribution >= 4 is 45.0 Å². The van der Waals surface area contributed by atoms with Crippen molar-refractivity contribution in [2.45, 2.75) is 13.1 Å². The molecule has 2 aromatic heterocycles. The van der Waals surface area contributed by atoms with Crippen molar-refractivity contribution in [3.05, 3.63) is 70.0 Å². The molecule has 12 heteroatoms. The van der Waals surface area contributed by atoms with E-state index in [1.807, 2.05) is 12.1 Å². The lowest BCUT2D eigenvalue weighted by atomic mass is 10.1. The van der Waals surface area contributed by atoms with Crippen molar-refractivity contribution in [2.24, 2.45) is 0 Å². The third-order valence-corrected chi connectivity index (χ3v) is 8.15. The number of hydrogen-bond acceptors (Lipinski definition) is 10. The smallest absolute Gasteiger partial charge is 0.146 e. The average molecular weight is 646 g/mol. The lowest BCUT2D eigenvalue weighted by Crippen LogP contribution is -2.32. The second-order valence-corrected chi connectivity index (χ2v) is 11.3. The zero-order valence-corrected chi connectivity index (χ0v) is 26.1. The quantitative estimate of drug-likeness (QED) is 0.319. The van der Waals surface area contributed by atoms with Crippen molar-refractivity contribution in [1.29, 1.82) is 0 Å². The first-order chi connectivity index (χ1) is 21.5. The maximum absolute atomic E-state index is 10.9. The summed E-state index contributed by atoms with van der Waals surface area (Å²) in [6.07, 6.45) is 3.29. The van der Waals surface area contributed by atoms with Crippen LogP contribution in [0.2, 0.25) is 10.0 Å². The van der Waals surface area contributed by atoms with Gasteiger partial charge in [-0.3, -0.25) is 19.8 Å². The predicted molar refractivity (Wildman–Crippen MR) is 171 cm³/mol. The van der Waals surface area contributed by atoms with Crippen LogP contribution in [-0.4, -0.2) is 109 Å². The molecule has 236 valence electrons. The Hall–Kier alpha value is -2.80. The van der Waals surface area contributed by atoms with Crippen molar-refractivity contribution < 1.29 is 29.2 Å². The number of phenolic OH excluding ortho intramolecular Hbond substituents is 2. The van der Waals surface area contributed by atoms with E-state index in [2.05, 4.69) is 19.8 Å². The Morgan fingerprint density at radius 1 is 0.591 bits per heavy atom. The summed E-state index contributed by atoms with van der Waals surface area (Å²) < 4.78 is 23.5. The Labute approximate surface area is 267 Å². The molecule has 0 spiro atoms. The summed E-state index contributed by atoms with van der Waals surface area (Å²) in [6, 6.07) is 10.9. The first-order valence-electron chi connectivity index (χ1n) is 14.8. The van der Waals surface area contributed by atoms with E-state index >= 15 is 0 Å². The minimum atomic E-state index is 0.137. The van der Waals surface area contributed by atoms with Crippen LogP contribution in [0.25, 0.3) is 21.8 Å². The molecular weight excluding hydrogens is 607 g/mol. The van der Waals surface area contributed by atoms with E-state index < -0.39 is 0 Å². The molecule has 2 N–H and O–H groups in total.